The first-order chi connectivity index (χ1) is 11.7. The Morgan fingerprint density at radius 1 is 1.12 bits per heavy atom. The van der Waals surface area contributed by atoms with Gasteiger partial charge in [-0.05, 0) is 42.8 Å². The van der Waals surface area contributed by atoms with Crippen LogP contribution in [0.2, 0.25) is 0 Å². The molecule has 0 aliphatic carbocycles. The van der Waals surface area contributed by atoms with Crippen LogP contribution in [0.25, 0.3) is 0 Å². The number of aromatic nitrogens is 1. The summed E-state index contributed by atoms with van der Waals surface area (Å²) >= 11 is 0. The largest absolute Gasteiger partial charge is 0.455 e. The van der Waals surface area contributed by atoms with E-state index in [0.29, 0.717) is 11.3 Å². The molecule has 25 heavy (non-hydrogen) atoms. The van der Waals surface area contributed by atoms with E-state index < -0.39 is 28.3 Å². The van der Waals surface area contributed by atoms with Crippen molar-refractivity contribution in [3.8, 4) is 0 Å². The highest BCUT2D eigenvalue weighted by atomic mass is 32.2. The molecule has 1 heterocycles. The maximum atomic E-state index is 11.8. The Bertz CT molecular complexity index is 859. The Labute approximate surface area is 146 Å². The van der Waals surface area contributed by atoms with Crippen molar-refractivity contribution in [2.75, 3.05) is 18.2 Å². The fourth-order valence-corrected chi connectivity index (χ4v) is 2.58. The highest BCUT2D eigenvalue weighted by Crippen LogP contribution is 2.13. The van der Waals surface area contributed by atoms with Gasteiger partial charge in [-0.2, -0.15) is 0 Å². The Balaban J connectivity index is 1.82. The van der Waals surface area contributed by atoms with Crippen molar-refractivity contribution in [1.29, 1.82) is 0 Å². The molecule has 132 valence electrons. The van der Waals surface area contributed by atoms with E-state index in [0.717, 1.165) is 11.9 Å². The summed E-state index contributed by atoms with van der Waals surface area (Å²) in [7, 11) is -3.29. The van der Waals surface area contributed by atoms with Crippen molar-refractivity contribution in [2.24, 2.45) is 0 Å². The van der Waals surface area contributed by atoms with Gasteiger partial charge in [-0.1, -0.05) is 6.07 Å². The maximum Gasteiger partial charge on any atom is 0.310 e. The van der Waals surface area contributed by atoms with Crippen molar-refractivity contribution < 1.29 is 22.7 Å². The number of ether oxygens (including phenoxy) is 1. The summed E-state index contributed by atoms with van der Waals surface area (Å²) in [6, 6.07) is 9.27. The topological polar surface area (TPSA) is 102 Å². The molecular weight excluding hydrogens is 344 g/mol. The van der Waals surface area contributed by atoms with Gasteiger partial charge in [0.15, 0.2) is 16.4 Å². The van der Waals surface area contributed by atoms with Crippen LogP contribution < -0.4 is 5.32 Å². The van der Waals surface area contributed by atoms with Gasteiger partial charge in [-0.25, -0.2) is 8.42 Å². The van der Waals surface area contributed by atoms with Crippen molar-refractivity contribution >= 4 is 27.4 Å². The Morgan fingerprint density at radius 2 is 1.80 bits per heavy atom. The number of esters is 1. The van der Waals surface area contributed by atoms with E-state index in [4.69, 9.17) is 4.74 Å². The molecule has 1 amide bonds. The van der Waals surface area contributed by atoms with Crippen molar-refractivity contribution in [3.63, 3.8) is 0 Å². The molecule has 7 nitrogen and oxygen atoms in total. The number of carbonyl (C=O) groups is 2. The third-order valence-corrected chi connectivity index (χ3v) is 4.38. The van der Waals surface area contributed by atoms with Gasteiger partial charge in [0.25, 0.3) is 5.91 Å². The average molecular weight is 362 g/mol. The Kier molecular flexibility index (Phi) is 5.87. The van der Waals surface area contributed by atoms with Gasteiger partial charge in [0.1, 0.15) is 0 Å². The summed E-state index contributed by atoms with van der Waals surface area (Å²) in [5.41, 5.74) is 1.96. The summed E-state index contributed by atoms with van der Waals surface area (Å²) in [4.78, 5) is 27.7. The zero-order valence-electron chi connectivity index (χ0n) is 13.9. The van der Waals surface area contributed by atoms with E-state index >= 15 is 0 Å². The molecule has 0 saturated carbocycles. The van der Waals surface area contributed by atoms with Crippen LogP contribution in [0.3, 0.4) is 0 Å². The van der Waals surface area contributed by atoms with E-state index in [1.165, 1.54) is 24.3 Å². The van der Waals surface area contributed by atoms with Crippen LogP contribution in [0.1, 0.15) is 11.3 Å². The second kappa shape index (κ2) is 7.89. The highest BCUT2D eigenvalue weighted by molar-refractivity contribution is 7.90. The summed E-state index contributed by atoms with van der Waals surface area (Å²) in [6.07, 6.45) is 2.72. The van der Waals surface area contributed by atoms with Crippen molar-refractivity contribution in [3.05, 3.63) is 53.9 Å². The number of amides is 1. The van der Waals surface area contributed by atoms with Crippen LogP contribution in [-0.4, -0.2) is 38.1 Å². The molecule has 0 aliphatic heterocycles. The van der Waals surface area contributed by atoms with Gasteiger partial charge in [0, 0.05) is 23.8 Å². The molecule has 2 aromatic rings. The Hall–Kier alpha value is -2.74. The number of nitrogens with one attached hydrogen (secondary N) is 1. The molecule has 0 aliphatic rings. The second-order valence-electron chi connectivity index (χ2n) is 5.49. The van der Waals surface area contributed by atoms with Crippen LogP contribution in [0.5, 0.6) is 0 Å². The predicted molar refractivity (Wildman–Crippen MR) is 91.8 cm³/mol. The predicted octanol–water partition coefficient (Wildman–Crippen LogP) is 1.52. The van der Waals surface area contributed by atoms with Crippen LogP contribution >= 0.6 is 0 Å². The Morgan fingerprint density at radius 3 is 2.36 bits per heavy atom. The molecule has 1 N–H and O–H groups in total. The minimum Gasteiger partial charge on any atom is -0.455 e. The summed E-state index contributed by atoms with van der Waals surface area (Å²) in [5, 5.41) is 2.52. The summed E-state index contributed by atoms with van der Waals surface area (Å²) < 4.78 is 27.6. The zero-order valence-corrected chi connectivity index (χ0v) is 14.7. The zero-order chi connectivity index (χ0) is 18.4. The maximum absolute atomic E-state index is 11.8. The molecule has 1 aromatic heterocycles. The standard InChI is InChI=1S/C17H18N2O5S/c1-12-3-4-13(10-18-12)9-17(21)24-11-16(20)19-14-5-7-15(8-6-14)25(2,22)23/h3-8,10H,9,11H2,1-2H3,(H,19,20). The van der Waals surface area contributed by atoms with Crippen LogP contribution in [0, 0.1) is 6.92 Å². The van der Waals surface area contributed by atoms with E-state index in [-0.39, 0.29) is 11.3 Å². The molecule has 8 heteroatoms. The number of hydrogen-bond donors (Lipinski definition) is 1. The molecule has 1 aromatic carbocycles. The lowest BCUT2D eigenvalue weighted by Gasteiger charge is -2.07. The quantitative estimate of drug-likeness (QED) is 0.782. The first-order valence-corrected chi connectivity index (χ1v) is 9.30. The van der Waals surface area contributed by atoms with Gasteiger partial charge in [-0.3, -0.25) is 14.6 Å². The molecule has 0 saturated heterocycles. The molecule has 0 radical (unpaired) electrons. The lowest BCUT2D eigenvalue weighted by molar-refractivity contribution is -0.146. The fourth-order valence-electron chi connectivity index (χ4n) is 1.95. The monoisotopic (exact) mass is 362 g/mol. The first-order valence-electron chi connectivity index (χ1n) is 7.41. The molecular formula is C17H18N2O5S. The van der Waals surface area contributed by atoms with E-state index in [1.54, 1.807) is 18.3 Å². The number of nitrogens with zero attached hydrogens (tertiary/aromatic N) is 1. The van der Waals surface area contributed by atoms with Crippen LogP contribution in [0.4, 0.5) is 5.69 Å². The smallest absolute Gasteiger partial charge is 0.310 e. The van der Waals surface area contributed by atoms with Gasteiger partial charge >= 0.3 is 5.97 Å². The van der Waals surface area contributed by atoms with Crippen LogP contribution in [-0.2, 0) is 30.6 Å². The minimum absolute atomic E-state index is 0.0314. The van der Waals surface area contributed by atoms with Gasteiger partial charge in [0.2, 0.25) is 0 Å². The summed E-state index contributed by atoms with van der Waals surface area (Å²) in [6.45, 7) is 1.42. The average Bonchev–Trinajstić information content (AvgIpc) is 2.55. The lowest BCUT2D eigenvalue weighted by Crippen LogP contribution is -2.21. The van der Waals surface area contributed by atoms with Crippen LogP contribution in [0.15, 0.2) is 47.5 Å². The number of anilines is 1. The number of hydrogen-bond acceptors (Lipinski definition) is 6. The van der Waals surface area contributed by atoms with E-state index in [9.17, 15) is 18.0 Å². The molecule has 0 atom stereocenters. The minimum atomic E-state index is -3.29. The number of aryl methyl sites for hydroxylation is 1. The fraction of sp³-hybridized carbons (Fsp3) is 0.235. The van der Waals surface area contributed by atoms with E-state index in [1.807, 2.05) is 6.92 Å². The van der Waals surface area contributed by atoms with Crippen molar-refractivity contribution in [1.82, 2.24) is 4.98 Å². The number of rotatable bonds is 6. The number of pyridine rings is 1. The highest BCUT2D eigenvalue weighted by Gasteiger charge is 2.10. The van der Waals surface area contributed by atoms with Gasteiger partial charge in [-0.15, -0.1) is 0 Å². The number of sulfone groups is 1. The first kappa shape index (κ1) is 18.6. The third-order valence-electron chi connectivity index (χ3n) is 3.25. The number of benzene rings is 1. The van der Waals surface area contributed by atoms with Gasteiger partial charge in [0.05, 0.1) is 11.3 Å². The second-order valence-corrected chi connectivity index (χ2v) is 7.51. The molecule has 0 spiro atoms. The SMILES string of the molecule is Cc1ccc(CC(=O)OCC(=O)Nc2ccc(S(C)(=O)=O)cc2)cn1. The molecule has 0 unspecified atom stereocenters. The molecule has 2 rings (SSSR count). The molecule has 0 fully saturated rings. The third kappa shape index (κ3) is 6.00. The van der Waals surface area contributed by atoms with Gasteiger partial charge < -0.3 is 10.1 Å². The van der Waals surface area contributed by atoms with E-state index in [2.05, 4.69) is 10.3 Å². The lowest BCUT2D eigenvalue weighted by atomic mass is 10.2. The summed E-state index contributed by atoms with van der Waals surface area (Å²) in [5.74, 6) is -1.05. The normalized spacial score (nSPS) is 11.0. The molecule has 0 bridgehead atoms. The number of carbonyl (C=O) groups excluding carboxylic acids is 2. The van der Waals surface area contributed by atoms with Crippen molar-refractivity contribution in [2.45, 2.75) is 18.2 Å².